The van der Waals surface area contributed by atoms with Crippen molar-refractivity contribution in [3.63, 3.8) is 0 Å². The molecule has 108 valence electrons. The van der Waals surface area contributed by atoms with Gasteiger partial charge in [-0.15, -0.1) is 11.3 Å². The predicted molar refractivity (Wildman–Crippen MR) is 75.4 cm³/mol. The van der Waals surface area contributed by atoms with Crippen molar-refractivity contribution in [1.29, 1.82) is 0 Å². The van der Waals surface area contributed by atoms with E-state index in [1.54, 1.807) is 6.92 Å². The fraction of sp³-hybridized carbons (Fsp3) is 0.250. The molecule has 6 nitrogen and oxygen atoms in total. The van der Waals surface area contributed by atoms with Crippen molar-refractivity contribution in [3.8, 4) is 0 Å². The van der Waals surface area contributed by atoms with Crippen LogP contribution < -0.4 is 4.72 Å². The van der Waals surface area contributed by atoms with E-state index in [0.717, 1.165) is 10.9 Å². The van der Waals surface area contributed by atoms with Crippen LogP contribution in [-0.4, -0.2) is 24.1 Å². The van der Waals surface area contributed by atoms with E-state index in [2.05, 4.69) is 4.72 Å². The first kappa shape index (κ1) is 14.8. The van der Waals surface area contributed by atoms with E-state index in [0.29, 0.717) is 0 Å². The molecule has 2 heterocycles. The van der Waals surface area contributed by atoms with E-state index in [9.17, 15) is 13.2 Å². The van der Waals surface area contributed by atoms with Gasteiger partial charge in [0.2, 0.25) is 10.0 Å². The van der Waals surface area contributed by atoms with Crippen molar-refractivity contribution in [1.82, 2.24) is 9.29 Å². The van der Waals surface area contributed by atoms with Gasteiger partial charge in [0.25, 0.3) is 0 Å². The Labute approximate surface area is 120 Å². The molecule has 0 aliphatic rings. The third-order valence-corrected chi connectivity index (χ3v) is 5.37. The number of nitrogens with zero attached hydrogens (tertiary/aromatic N) is 1. The second-order valence-corrected chi connectivity index (χ2v) is 7.03. The fourth-order valence-corrected chi connectivity index (χ4v) is 3.89. The van der Waals surface area contributed by atoms with E-state index in [1.807, 2.05) is 17.5 Å². The summed E-state index contributed by atoms with van der Waals surface area (Å²) in [4.78, 5) is 11.8. The Hall–Kier alpha value is -1.64. The highest BCUT2D eigenvalue weighted by atomic mass is 32.2. The number of aromatic carboxylic acids is 1. The average Bonchev–Trinajstić information content (AvgIpc) is 2.96. The summed E-state index contributed by atoms with van der Waals surface area (Å²) in [6, 6.07) is 4.46. The van der Waals surface area contributed by atoms with Crippen molar-refractivity contribution >= 4 is 27.3 Å². The maximum Gasteiger partial charge on any atom is 0.352 e. The number of hydrogen-bond donors (Lipinski definition) is 2. The van der Waals surface area contributed by atoms with Crippen LogP contribution in [0.1, 0.15) is 28.3 Å². The Morgan fingerprint density at radius 1 is 1.50 bits per heavy atom. The monoisotopic (exact) mass is 314 g/mol. The summed E-state index contributed by atoms with van der Waals surface area (Å²) in [6.07, 6.45) is 1.28. The first-order chi connectivity index (χ1) is 9.31. The number of hydrogen-bond acceptors (Lipinski definition) is 4. The molecule has 0 saturated heterocycles. The Morgan fingerprint density at radius 3 is 2.70 bits per heavy atom. The van der Waals surface area contributed by atoms with Crippen LogP contribution in [0.15, 0.2) is 34.7 Å². The van der Waals surface area contributed by atoms with Crippen molar-refractivity contribution in [2.24, 2.45) is 7.05 Å². The summed E-state index contributed by atoms with van der Waals surface area (Å²) < 4.78 is 28.2. The zero-order valence-corrected chi connectivity index (χ0v) is 12.5. The number of carbonyl (C=O) groups is 1. The molecule has 0 aliphatic heterocycles. The molecule has 0 bridgehead atoms. The molecular formula is C12H14N2O4S2. The van der Waals surface area contributed by atoms with Crippen LogP contribution in [0.4, 0.5) is 0 Å². The minimum absolute atomic E-state index is 0.0548. The molecule has 0 fully saturated rings. The minimum atomic E-state index is -3.75. The molecule has 0 spiro atoms. The lowest BCUT2D eigenvalue weighted by Gasteiger charge is -2.11. The smallest absolute Gasteiger partial charge is 0.352 e. The van der Waals surface area contributed by atoms with Gasteiger partial charge in [0.1, 0.15) is 10.6 Å². The second kappa shape index (κ2) is 5.39. The highest BCUT2D eigenvalue weighted by Crippen LogP contribution is 2.21. The minimum Gasteiger partial charge on any atom is -0.477 e. The van der Waals surface area contributed by atoms with Crippen LogP contribution in [0.3, 0.4) is 0 Å². The van der Waals surface area contributed by atoms with E-state index in [4.69, 9.17) is 5.11 Å². The molecule has 0 unspecified atom stereocenters. The van der Waals surface area contributed by atoms with Crippen LogP contribution in [0, 0.1) is 0 Å². The topological polar surface area (TPSA) is 88.4 Å². The standard InChI is InChI=1S/C12H14N2O4S2/c1-8(11-4-3-5-19-11)13-20(17,18)9-6-10(12(15)16)14(2)7-9/h3-8,13H,1-2H3,(H,15,16)/t8-/m0/s1. The number of aryl methyl sites for hydroxylation is 1. The zero-order chi connectivity index (χ0) is 14.9. The lowest BCUT2D eigenvalue weighted by Crippen LogP contribution is -2.26. The first-order valence-electron chi connectivity index (χ1n) is 5.76. The quantitative estimate of drug-likeness (QED) is 0.881. The number of carboxylic acids is 1. The molecule has 0 aromatic carbocycles. The van der Waals surface area contributed by atoms with Crippen LogP contribution >= 0.6 is 11.3 Å². The predicted octanol–water partition coefficient (Wildman–Crippen LogP) is 1.82. The summed E-state index contributed by atoms with van der Waals surface area (Å²) in [5.74, 6) is -1.17. The molecule has 8 heteroatoms. The second-order valence-electron chi connectivity index (χ2n) is 4.34. The molecule has 0 amide bonds. The number of aromatic nitrogens is 1. The molecule has 0 saturated carbocycles. The van der Waals surface area contributed by atoms with Gasteiger partial charge in [0.05, 0.1) is 6.04 Å². The Balaban J connectivity index is 2.27. The molecular weight excluding hydrogens is 300 g/mol. The number of thiophene rings is 1. The van der Waals surface area contributed by atoms with Gasteiger partial charge in [-0.05, 0) is 24.4 Å². The molecule has 1 atom stereocenters. The van der Waals surface area contributed by atoms with Crippen molar-refractivity contribution < 1.29 is 18.3 Å². The van der Waals surface area contributed by atoms with E-state index < -0.39 is 16.0 Å². The van der Waals surface area contributed by atoms with E-state index >= 15 is 0 Å². The Kier molecular flexibility index (Phi) is 3.98. The first-order valence-corrected chi connectivity index (χ1v) is 8.13. The van der Waals surface area contributed by atoms with Gasteiger partial charge in [-0.2, -0.15) is 0 Å². The lowest BCUT2D eigenvalue weighted by molar-refractivity contribution is 0.0686. The summed E-state index contributed by atoms with van der Waals surface area (Å²) in [5, 5.41) is 10.8. The number of nitrogens with one attached hydrogen (secondary N) is 1. The maximum absolute atomic E-state index is 12.2. The highest BCUT2D eigenvalue weighted by molar-refractivity contribution is 7.89. The average molecular weight is 314 g/mol. The largest absolute Gasteiger partial charge is 0.477 e. The normalized spacial score (nSPS) is 13.3. The molecule has 2 aromatic heterocycles. The highest BCUT2D eigenvalue weighted by Gasteiger charge is 2.22. The Bertz CT molecular complexity index is 717. The summed E-state index contributed by atoms with van der Waals surface area (Å²) in [6.45, 7) is 1.74. The Morgan fingerprint density at radius 2 is 2.20 bits per heavy atom. The third kappa shape index (κ3) is 2.92. The lowest BCUT2D eigenvalue weighted by atomic mass is 10.3. The van der Waals surface area contributed by atoms with Crippen LogP contribution in [0.25, 0.3) is 0 Å². The molecule has 2 aromatic rings. The maximum atomic E-state index is 12.2. The number of sulfonamides is 1. The van der Waals surface area contributed by atoms with Crippen LogP contribution in [-0.2, 0) is 17.1 Å². The summed E-state index contributed by atoms with van der Waals surface area (Å²) in [5.41, 5.74) is -0.0749. The zero-order valence-electron chi connectivity index (χ0n) is 10.9. The van der Waals surface area contributed by atoms with Crippen molar-refractivity contribution in [2.45, 2.75) is 17.9 Å². The molecule has 20 heavy (non-hydrogen) atoms. The van der Waals surface area contributed by atoms with Gasteiger partial charge in [0.15, 0.2) is 0 Å². The van der Waals surface area contributed by atoms with Gasteiger partial charge in [0, 0.05) is 18.1 Å². The summed E-state index contributed by atoms with van der Waals surface area (Å²) in [7, 11) is -2.26. The molecule has 2 rings (SSSR count). The molecule has 0 aliphatic carbocycles. The molecule has 0 radical (unpaired) electrons. The van der Waals surface area contributed by atoms with E-state index in [1.165, 1.54) is 29.1 Å². The van der Waals surface area contributed by atoms with E-state index in [-0.39, 0.29) is 16.6 Å². The molecule has 2 N–H and O–H groups in total. The van der Waals surface area contributed by atoms with Gasteiger partial charge in [-0.25, -0.2) is 17.9 Å². The van der Waals surface area contributed by atoms with Gasteiger partial charge < -0.3 is 9.67 Å². The fourth-order valence-electron chi connectivity index (χ4n) is 1.79. The summed E-state index contributed by atoms with van der Waals surface area (Å²) >= 11 is 1.45. The van der Waals surface area contributed by atoms with Gasteiger partial charge >= 0.3 is 5.97 Å². The SMILES string of the molecule is C[C@H](NS(=O)(=O)c1cc(C(=O)O)n(C)c1)c1cccs1. The number of carboxylic acid groups (broad SMARTS) is 1. The van der Waals surface area contributed by atoms with Crippen molar-refractivity contribution in [2.75, 3.05) is 0 Å². The van der Waals surface area contributed by atoms with Gasteiger partial charge in [-0.3, -0.25) is 0 Å². The third-order valence-electron chi connectivity index (χ3n) is 2.81. The van der Waals surface area contributed by atoms with Crippen LogP contribution in [0.2, 0.25) is 0 Å². The van der Waals surface area contributed by atoms with Crippen LogP contribution in [0.5, 0.6) is 0 Å². The van der Waals surface area contributed by atoms with Gasteiger partial charge in [-0.1, -0.05) is 6.07 Å². The van der Waals surface area contributed by atoms with Crippen molar-refractivity contribution in [3.05, 3.63) is 40.3 Å². The number of rotatable bonds is 5.